The van der Waals surface area contributed by atoms with E-state index in [0.717, 1.165) is 10.5 Å². The largest absolute Gasteiger partial charge is 0.494 e. The third-order valence-electron chi connectivity index (χ3n) is 9.75. The molecule has 1 aliphatic heterocycles. The molecule has 0 aliphatic carbocycles. The number of hydrogen-bond acceptors (Lipinski definition) is 13. The van der Waals surface area contributed by atoms with E-state index in [0.29, 0.717) is 61.5 Å². The summed E-state index contributed by atoms with van der Waals surface area (Å²) >= 11 is 4.39. The molecule has 2 heterocycles. The minimum absolute atomic E-state index is 0.0857. The van der Waals surface area contributed by atoms with Crippen LogP contribution in [0.3, 0.4) is 0 Å². The number of aromatic nitrogens is 1. The van der Waals surface area contributed by atoms with Crippen LogP contribution >= 0.6 is 12.6 Å². The molecular formula is C43H56N10O9S. The van der Waals surface area contributed by atoms with Crippen LogP contribution in [0.5, 0.6) is 5.75 Å². The van der Waals surface area contributed by atoms with E-state index >= 15 is 0 Å². The van der Waals surface area contributed by atoms with Gasteiger partial charge < -0.3 is 47.5 Å². The SMILES string of the molecule is CC(C)C1NC(=O)[C@@H](Cc2ccc(OCCCNC(=O)c3ccc(N/N=C/c4ccccc4S)nc3)cc2)NC(=O)[C@H](CC(=O)O)NC(=O)CNC(=O)[C@H](CCCCCN)NC1=O. The fraction of sp³-hybridized carbons (Fsp3) is 0.419. The van der Waals surface area contributed by atoms with Gasteiger partial charge in [0.2, 0.25) is 29.5 Å². The summed E-state index contributed by atoms with van der Waals surface area (Å²) in [4.78, 5) is 96.4. The third-order valence-corrected chi connectivity index (χ3v) is 10.2. The number of aliphatic carboxylic acids is 1. The molecule has 10 N–H and O–H groups in total. The molecule has 0 radical (unpaired) electrons. The molecule has 0 bridgehead atoms. The molecule has 63 heavy (non-hydrogen) atoms. The number of carbonyl (C=O) groups excluding carboxylic acids is 6. The summed E-state index contributed by atoms with van der Waals surface area (Å²) in [6, 6.07) is 12.4. The minimum Gasteiger partial charge on any atom is -0.494 e. The lowest BCUT2D eigenvalue weighted by Gasteiger charge is -2.27. The van der Waals surface area contributed by atoms with E-state index < -0.39 is 78.6 Å². The fourth-order valence-corrected chi connectivity index (χ4v) is 6.49. The Bertz CT molecular complexity index is 2070. The fourth-order valence-electron chi connectivity index (χ4n) is 6.27. The first kappa shape index (κ1) is 49.1. The molecule has 338 valence electrons. The number of carboxylic acids is 1. The number of ether oxygens (including phenoxy) is 1. The highest BCUT2D eigenvalue weighted by molar-refractivity contribution is 7.80. The number of carboxylic acid groups (broad SMARTS) is 1. The molecule has 20 heteroatoms. The normalized spacial score (nSPS) is 18.8. The number of amides is 6. The van der Waals surface area contributed by atoms with Gasteiger partial charge in [-0.1, -0.05) is 57.0 Å². The first-order valence-electron chi connectivity index (χ1n) is 20.7. The maximum atomic E-state index is 13.9. The number of nitrogens with one attached hydrogen (secondary N) is 7. The molecule has 4 atom stereocenters. The topological polar surface area (TPSA) is 284 Å². The molecule has 1 saturated heterocycles. The third kappa shape index (κ3) is 16.7. The van der Waals surface area contributed by atoms with Crippen molar-refractivity contribution in [2.45, 2.75) is 87.9 Å². The van der Waals surface area contributed by atoms with Gasteiger partial charge in [-0.15, -0.1) is 12.6 Å². The van der Waals surface area contributed by atoms with E-state index in [2.05, 4.69) is 60.0 Å². The molecule has 2 aromatic carbocycles. The Morgan fingerprint density at radius 3 is 2.30 bits per heavy atom. The average Bonchev–Trinajstić information content (AvgIpc) is 3.25. The van der Waals surface area contributed by atoms with Crippen LogP contribution in [0.15, 0.2) is 76.9 Å². The van der Waals surface area contributed by atoms with Crippen LogP contribution < -0.4 is 47.8 Å². The van der Waals surface area contributed by atoms with Crippen molar-refractivity contribution in [2.24, 2.45) is 16.8 Å². The second-order valence-corrected chi connectivity index (χ2v) is 15.6. The van der Waals surface area contributed by atoms with Crippen molar-refractivity contribution in [1.29, 1.82) is 0 Å². The summed E-state index contributed by atoms with van der Waals surface area (Å²) in [6.45, 7) is 3.86. The zero-order valence-electron chi connectivity index (χ0n) is 35.2. The van der Waals surface area contributed by atoms with Crippen LogP contribution in [0.2, 0.25) is 0 Å². The van der Waals surface area contributed by atoms with Gasteiger partial charge >= 0.3 is 5.97 Å². The lowest BCUT2D eigenvalue weighted by atomic mass is 9.99. The molecule has 1 aromatic heterocycles. The minimum atomic E-state index is -1.59. The van der Waals surface area contributed by atoms with Crippen LogP contribution in [0.25, 0.3) is 0 Å². The van der Waals surface area contributed by atoms with Crippen LogP contribution in [0.4, 0.5) is 5.82 Å². The Kier molecular flexibility index (Phi) is 19.8. The van der Waals surface area contributed by atoms with Crippen LogP contribution in [0.1, 0.15) is 73.9 Å². The molecule has 0 spiro atoms. The number of carbonyl (C=O) groups is 7. The quantitative estimate of drug-likeness (QED) is 0.0353. The maximum Gasteiger partial charge on any atom is 0.305 e. The van der Waals surface area contributed by atoms with Crippen molar-refractivity contribution in [3.05, 3.63) is 83.6 Å². The second kappa shape index (κ2) is 25.4. The molecule has 1 aliphatic rings. The van der Waals surface area contributed by atoms with Gasteiger partial charge in [-0.2, -0.15) is 5.10 Å². The lowest BCUT2D eigenvalue weighted by Crippen LogP contribution is -2.59. The Labute approximate surface area is 370 Å². The molecule has 6 amide bonds. The number of nitrogens with two attached hydrogens (primary N) is 1. The Hall–Kier alpha value is -6.54. The highest BCUT2D eigenvalue weighted by atomic mass is 32.1. The Balaban J connectivity index is 1.36. The predicted octanol–water partition coefficient (Wildman–Crippen LogP) is 1.28. The van der Waals surface area contributed by atoms with E-state index in [-0.39, 0.29) is 25.4 Å². The van der Waals surface area contributed by atoms with Crippen molar-refractivity contribution in [3.8, 4) is 5.75 Å². The highest BCUT2D eigenvalue weighted by Gasteiger charge is 2.34. The summed E-state index contributed by atoms with van der Waals surface area (Å²) in [6.07, 6.45) is 4.82. The number of pyridine rings is 1. The zero-order chi connectivity index (χ0) is 45.7. The van der Waals surface area contributed by atoms with E-state index in [1.165, 1.54) is 6.20 Å². The van der Waals surface area contributed by atoms with Gasteiger partial charge in [0, 0.05) is 29.6 Å². The van der Waals surface area contributed by atoms with E-state index in [1.54, 1.807) is 56.5 Å². The number of anilines is 1. The number of thiol groups is 1. The van der Waals surface area contributed by atoms with Crippen LogP contribution in [-0.2, 0) is 35.2 Å². The van der Waals surface area contributed by atoms with Crippen molar-refractivity contribution in [1.82, 2.24) is 36.9 Å². The second-order valence-electron chi connectivity index (χ2n) is 15.1. The first-order chi connectivity index (χ1) is 30.2. The van der Waals surface area contributed by atoms with Gasteiger partial charge in [-0.05, 0) is 67.6 Å². The van der Waals surface area contributed by atoms with E-state index in [4.69, 9.17) is 10.5 Å². The number of nitrogens with zero attached hydrogens (tertiary/aromatic N) is 2. The summed E-state index contributed by atoms with van der Waals surface area (Å²) < 4.78 is 5.85. The lowest BCUT2D eigenvalue weighted by molar-refractivity contribution is -0.141. The van der Waals surface area contributed by atoms with Crippen LogP contribution in [0, 0.1) is 5.92 Å². The van der Waals surface area contributed by atoms with E-state index in [1.807, 2.05) is 24.3 Å². The van der Waals surface area contributed by atoms with Crippen molar-refractivity contribution < 1.29 is 43.4 Å². The van der Waals surface area contributed by atoms with E-state index in [9.17, 15) is 38.7 Å². The number of benzene rings is 2. The molecule has 19 nitrogen and oxygen atoms in total. The Morgan fingerprint density at radius 2 is 1.62 bits per heavy atom. The number of rotatable bonds is 19. The first-order valence-corrected chi connectivity index (χ1v) is 21.1. The van der Waals surface area contributed by atoms with Gasteiger partial charge in [0.25, 0.3) is 5.91 Å². The highest BCUT2D eigenvalue weighted by Crippen LogP contribution is 2.16. The Morgan fingerprint density at radius 1 is 0.889 bits per heavy atom. The molecular weight excluding hydrogens is 833 g/mol. The zero-order valence-corrected chi connectivity index (χ0v) is 36.1. The summed E-state index contributed by atoms with van der Waals surface area (Å²) in [5.74, 6) is -5.03. The van der Waals surface area contributed by atoms with Crippen molar-refractivity contribution in [3.63, 3.8) is 0 Å². The van der Waals surface area contributed by atoms with Crippen molar-refractivity contribution in [2.75, 3.05) is 31.7 Å². The molecule has 4 rings (SSSR count). The van der Waals surface area contributed by atoms with Crippen LogP contribution in [-0.4, -0.2) is 108 Å². The monoisotopic (exact) mass is 888 g/mol. The number of hydrogen-bond donors (Lipinski definition) is 10. The molecule has 1 unspecified atom stereocenters. The average molecular weight is 889 g/mol. The van der Waals surface area contributed by atoms with Gasteiger partial charge in [0.15, 0.2) is 0 Å². The summed E-state index contributed by atoms with van der Waals surface area (Å²) in [7, 11) is 0. The number of hydrazone groups is 1. The van der Waals surface area contributed by atoms with Crippen molar-refractivity contribution >= 4 is 66.1 Å². The smallest absolute Gasteiger partial charge is 0.305 e. The van der Waals surface area contributed by atoms with Gasteiger partial charge in [-0.3, -0.25) is 39.0 Å². The maximum absolute atomic E-state index is 13.9. The standard InChI is InChI=1S/C43H56N10O9S/c1-26(2)38-43(61)50-31(10-4-3-7-18-44)40(58)47-25-36(54)49-33(22-37(55)56)41(59)51-32(42(60)52-38)21-27-12-15-30(16-13-27)62-20-8-19-45-39(57)29-14-17-35(46-23-29)53-48-24-28-9-5-6-11-34(28)63/h5-6,9,11-17,23-24,26,31-33,38,63H,3-4,7-8,10,18-22,25,44H2,1-2H3,(H,45,57)(H,46,53)(H,47,58)(H,49,54)(H,50,61)(H,51,59)(H,52,60)(H,55,56)/b48-24+/t31-,32+,33-,38?/m0/s1. The summed E-state index contributed by atoms with van der Waals surface area (Å²) in [5, 5.41) is 29.3. The number of unbranched alkanes of at least 4 members (excludes halogenated alkanes) is 2. The molecule has 3 aromatic rings. The van der Waals surface area contributed by atoms with Gasteiger partial charge in [0.05, 0.1) is 31.4 Å². The molecule has 0 saturated carbocycles. The predicted molar refractivity (Wildman–Crippen MR) is 237 cm³/mol. The molecule has 1 fully saturated rings. The van der Waals surface area contributed by atoms with Gasteiger partial charge in [0.1, 0.15) is 35.7 Å². The summed E-state index contributed by atoms with van der Waals surface area (Å²) in [5.41, 5.74) is 10.2. The van der Waals surface area contributed by atoms with Gasteiger partial charge in [-0.25, -0.2) is 4.98 Å².